The Bertz CT molecular complexity index is 449. The standard InChI is InChI=1S/C14H19BrN2O2/c1-3-10(2)17-14(19)9-16-13(18)8-11-5-4-6-12(15)7-11/h4-7,10H,3,8-9H2,1-2H3,(H,16,18)(H,17,19). The fourth-order valence-electron chi connectivity index (χ4n) is 1.50. The van der Waals surface area contributed by atoms with Gasteiger partial charge in [-0.15, -0.1) is 0 Å². The molecule has 0 saturated carbocycles. The van der Waals surface area contributed by atoms with E-state index in [1.807, 2.05) is 38.1 Å². The van der Waals surface area contributed by atoms with Crippen molar-refractivity contribution in [3.8, 4) is 0 Å². The number of carbonyl (C=O) groups is 2. The van der Waals surface area contributed by atoms with E-state index in [-0.39, 0.29) is 30.8 Å². The van der Waals surface area contributed by atoms with Crippen LogP contribution in [0.25, 0.3) is 0 Å². The fourth-order valence-corrected chi connectivity index (χ4v) is 1.95. The summed E-state index contributed by atoms with van der Waals surface area (Å²) >= 11 is 3.35. The van der Waals surface area contributed by atoms with Gasteiger partial charge in [0.15, 0.2) is 0 Å². The third-order valence-corrected chi connectivity index (χ3v) is 3.21. The Balaban J connectivity index is 2.34. The Morgan fingerprint density at radius 3 is 2.68 bits per heavy atom. The molecule has 2 amide bonds. The van der Waals surface area contributed by atoms with Crippen LogP contribution in [-0.4, -0.2) is 24.4 Å². The SMILES string of the molecule is CCC(C)NC(=O)CNC(=O)Cc1cccc(Br)c1. The van der Waals surface area contributed by atoms with Crippen LogP contribution >= 0.6 is 15.9 Å². The highest BCUT2D eigenvalue weighted by atomic mass is 79.9. The monoisotopic (exact) mass is 326 g/mol. The number of rotatable bonds is 6. The molecule has 0 fully saturated rings. The molecule has 2 N–H and O–H groups in total. The zero-order valence-corrected chi connectivity index (χ0v) is 12.8. The molecule has 0 aliphatic carbocycles. The number of hydrogen-bond acceptors (Lipinski definition) is 2. The number of amides is 2. The summed E-state index contributed by atoms with van der Waals surface area (Å²) in [5.74, 6) is -0.311. The van der Waals surface area contributed by atoms with Gasteiger partial charge in [-0.1, -0.05) is 35.0 Å². The number of nitrogens with one attached hydrogen (secondary N) is 2. The van der Waals surface area contributed by atoms with Crippen LogP contribution in [0.5, 0.6) is 0 Å². The molecule has 0 radical (unpaired) electrons. The lowest BCUT2D eigenvalue weighted by molar-refractivity contribution is -0.126. The van der Waals surface area contributed by atoms with Crippen LogP contribution in [0.1, 0.15) is 25.8 Å². The highest BCUT2D eigenvalue weighted by Crippen LogP contribution is 2.11. The number of benzene rings is 1. The lowest BCUT2D eigenvalue weighted by Crippen LogP contribution is -2.41. The minimum absolute atomic E-state index is 0.0250. The van der Waals surface area contributed by atoms with Crippen LogP contribution in [0.4, 0.5) is 0 Å². The molecule has 5 heteroatoms. The zero-order valence-electron chi connectivity index (χ0n) is 11.2. The number of carbonyl (C=O) groups excluding carboxylic acids is 2. The summed E-state index contributed by atoms with van der Waals surface area (Å²) in [4.78, 5) is 23.2. The summed E-state index contributed by atoms with van der Waals surface area (Å²) in [6.45, 7) is 3.95. The third-order valence-electron chi connectivity index (χ3n) is 2.72. The van der Waals surface area contributed by atoms with Gasteiger partial charge in [0.25, 0.3) is 0 Å². The van der Waals surface area contributed by atoms with E-state index in [0.29, 0.717) is 0 Å². The summed E-state index contributed by atoms with van der Waals surface area (Å²) in [5.41, 5.74) is 0.911. The molecule has 0 bridgehead atoms. The van der Waals surface area contributed by atoms with Crippen molar-refractivity contribution in [2.75, 3.05) is 6.54 Å². The van der Waals surface area contributed by atoms with Crippen molar-refractivity contribution >= 4 is 27.7 Å². The van der Waals surface area contributed by atoms with Crippen molar-refractivity contribution in [1.82, 2.24) is 10.6 Å². The molecule has 1 atom stereocenters. The van der Waals surface area contributed by atoms with E-state index in [0.717, 1.165) is 16.5 Å². The lowest BCUT2D eigenvalue weighted by Gasteiger charge is -2.11. The zero-order chi connectivity index (χ0) is 14.3. The summed E-state index contributed by atoms with van der Waals surface area (Å²) < 4.78 is 0.937. The molecular weight excluding hydrogens is 308 g/mol. The predicted molar refractivity (Wildman–Crippen MR) is 78.8 cm³/mol. The van der Waals surface area contributed by atoms with Crippen LogP contribution < -0.4 is 10.6 Å². The average Bonchev–Trinajstić information content (AvgIpc) is 2.36. The number of halogens is 1. The number of hydrogen-bond donors (Lipinski definition) is 2. The van der Waals surface area contributed by atoms with Crippen LogP contribution in [0, 0.1) is 0 Å². The first-order chi connectivity index (χ1) is 9.01. The van der Waals surface area contributed by atoms with Gasteiger partial charge in [-0.05, 0) is 31.0 Å². The molecule has 0 saturated heterocycles. The molecular formula is C14H19BrN2O2. The van der Waals surface area contributed by atoms with E-state index < -0.39 is 0 Å². The van der Waals surface area contributed by atoms with Gasteiger partial charge >= 0.3 is 0 Å². The molecule has 1 aromatic carbocycles. The summed E-state index contributed by atoms with van der Waals surface area (Å²) in [6.07, 6.45) is 1.15. The van der Waals surface area contributed by atoms with Gasteiger partial charge in [-0.25, -0.2) is 0 Å². The maximum absolute atomic E-state index is 11.7. The van der Waals surface area contributed by atoms with Gasteiger partial charge in [0.1, 0.15) is 0 Å². The highest BCUT2D eigenvalue weighted by molar-refractivity contribution is 9.10. The quantitative estimate of drug-likeness (QED) is 0.840. The van der Waals surface area contributed by atoms with Crippen LogP contribution in [0.3, 0.4) is 0 Å². The maximum atomic E-state index is 11.7. The predicted octanol–water partition coefficient (Wildman–Crippen LogP) is 2.02. The largest absolute Gasteiger partial charge is 0.352 e. The molecule has 19 heavy (non-hydrogen) atoms. The topological polar surface area (TPSA) is 58.2 Å². The molecule has 0 heterocycles. The van der Waals surface area contributed by atoms with Crippen molar-refractivity contribution in [3.05, 3.63) is 34.3 Å². The molecule has 0 aliphatic rings. The normalized spacial score (nSPS) is 11.7. The molecule has 0 spiro atoms. The Labute approximate surface area is 122 Å². The van der Waals surface area contributed by atoms with E-state index in [4.69, 9.17) is 0 Å². The summed E-state index contributed by atoms with van der Waals surface area (Å²) in [5, 5.41) is 5.41. The molecule has 4 nitrogen and oxygen atoms in total. The van der Waals surface area contributed by atoms with Gasteiger partial charge in [0.2, 0.25) is 11.8 Å². The lowest BCUT2D eigenvalue weighted by atomic mass is 10.1. The van der Waals surface area contributed by atoms with Crippen molar-refractivity contribution in [2.45, 2.75) is 32.7 Å². The minimum Gasteiger partial charge on any atom is -0.352 e. The van der Waals surface area contributed by atoms with Crippen molar-refractivity contribution in [1.29, 1.82) is 0 Å². The summed E-state index contributed by atoms with van der Waals surface area (Å²) in [7, 11) is 0. The minimum atomic E-state index is -0.156. The van der Waals surface area contributed by atoms with E-state index in [9.17, 15) is 9.59 Å². The van der Waals surface area contributed by atoms with Gasteiger partial charge in [-0.2, -0.15) is 0 Å². The molecule has 1 aromatic rings. The highest BCUT2D eigenvalue weighted by Gasteiger charge is 2.08. The van der Waals surface area contributed by atoms with Gasteiger partial charge in [-0.3, -0.25) is 9.59 Å². The summed E-state index contributed by atoms with van der Waals surface area (Å²) in [6, 6.07) is 7.68. The molecule has 0 aromatic heterocycles. The second kappa shape index (κ2) is 7.94. The van der Waals surface area contributed by atoms with E-state index in [1.54, 1.807) is 0 Å². The first-order valence-corrected chi connectivity index (χ1v) is 7.11. The van der Waals surface area contributed by atoms with E-state index in [1.165, 1.54) is 0 Å². The molecule has 1 unspecified atom stereocenters. The fraction of sp³-hybridized carbons (Fsp3) is 0.429. The van der Waals surface area contributed by atoms with Crippen molar-refractivity contribution in [3.63, 3.8) is 0 Å². The Hall–Kier alpha value is -1.36. The van der Waals surface area contributed by atoms with Crippen molar-refractivity contribution in [2.24, 2.45) is 0 Å². The van der Waals surface area contributed by atoms with Gasteiger partial charge in [0.05, 0.1) is 13.0 Å². The molecule has 0 aliphatic heterocycles. The smallest absolute Gasteiger partial charge is 0.239 e. The maximum Gasteiger partial charge on any atom is 0.239 e. The van der Waals surface area contributed by atoms with E-state index in [2.05, 4.69) is 26.6 Å². The van der Waals surface area contributed by atoms with E-state index >= 15 is 0 Å². The van der Waals surface area contributed by atoms with Crippen molar-refractivity contribution < 1.29 is 9.59 Å². The molecule has 104 valence electrons. The first-order valence-electron chi connectivity index (χ1n) is 6.31. The van der Waals surface area contributed by atoms with Crippen LogP contribution in [0.2, 0.25) is 0 Å². The van der Waals surface area contributed by atoms with Crippen LogP contribution in [-0.2, 0) is 16.0 Å². The second-order valence-corrected chi connectivity index (χ2v) is 5.38. The second-order valence-electron chi connectivity index (χ2n) is 4.46. The van der Waals surface area contributed by atoms with Crippen LogP contribution in [0.15, 0.2) is 28.7 Å². The average molecular weight is 327 g/mol. The van der Waals surface area contributed by atoms with Gasteiger partial charge in [0, 0.05) is 10.5 Å². The Morgan fingerprint density at radius 1 is 1.32 bits per heavy atom. The third kappa shape index (κ3) is 6.38. The molecule has 1 rings (SSSR count). The first kappa shape index (κ1) is 15.7. The van der Waals surface area contributed by atoms with Gasteiger partial charge < -0.3 is 10.6 Å². The Morgan fingerprint density at radius 2 is 2.05 bits per heavy atom. The Kier molecular flexibility index (Phi) is 6.56.